The van der Waals surface area contributed by atoms with Gasteiger partial charge in [-0.15, -0.1) is 0 Å². The molecule has 1 rings (SSSR count). The van der Waals surface area contributed by atoms with Gasteiger partial charge in [0.1, 0.15) is 0 Å². The minimum atomic E-state index is -1.07. The summed E-state index contributed by atoms with van der Waals surface area (Å²) in [6.45, 7) is 5.81. The van der Waals surface area contributed by atoms with Crippen molar-refractivity contribution in [2.75, 3.05) is 6.61 Å². The normalized spacial score (nSPS) is 10.7. The van der Waals surface area contributed by atoms with Crippen LogP contribution in [-0.2, 0) is 19.6 Å². The molecule has 6 nitrogen and oxygen atoms in total. The minimum absolute atomic E-state index is 0.155. The van der Waals surface area contributed by atoms with Crippen LogP contribution in [0.1, 0.15) is 31.1 Å². The Morgan fingerprint density at radius 3 is 2.26 bits per heavy atom. The van der Waals surface area contributed by atoms with E-state index in [2.05, 4.69) is 14.8 Å². The predicted molar refractivity (Wildman–Crippen MR) is 64.8 cm³/mol. The van der Waals surface area contributed by atoms with Crippen LogP contribution < -0.4 is 0 Å². The summed E-state index contributed by atoms with van der Waals surface area (Å²) in [5.41, 5.74) is 0.0777. The molecule has 0 radical (unpaired) electrons. The van der Waals surface area contributed by atoms with E-state index in [9.17, 15) is 9.59 Å². The first-order valence-electron chi connectivity index (χ1n) is 5.66. The van der Waals surface area contributed by atoms with E-state index >= 15 is 0 Å². The van der Waals surface area contributed by atoms with E-state index in [4.69, 9.17) is 4.74 Å². The molecule has 0 heterocycles. The summed E-state index contributed by atoms with van der Waals surface area (Å²) in [6.07, 6.45) is -1.07. The molecule has 0 N–H and O–H groups in total. The third kappa shape index (κ3) is 6.42. The Bertz CT molecular complexity index is 421. The molecule has 0 amide bonds. The maximum absolute atomic E-state index is 11.4. The molecule has 104 valence electrons. The van der Waals surface area contributed by atoms with Crippen LogP contribution in [0.15, 0.2) is 30.3 Å². The SMILES string of the molecule is CC(C)(C)COC(=O)OOOC(=O)c1ccccc1. The highest BCUT2D eigenvalue weighted by atomic mass is 17.5. The van der Waals surface area contributed by atoms with Gasteiger partial charge in [-0.25, -0.2) is 14.5 Å². The van der Waals surface area contributed by atoms with Crippen molar-refractivity contribution >= 4 is 12.1 Å². The molecule has 0 spiro atoms. The van der Waals surface area contributed by atoms with Crippen molar-refractivity contribution in [3.05, 3.63) is 35.9 Å². The Morgan fingerprint density at radius 2 is 1.68 bits per heavy atom. The number of ether oxygens (including phenoxy) is 1. The quantitative estimate of drug-likeness (QED) is 0.475. The van der Waals surface area contributed by atoms with Gasteiger partial charge in [-0.1, -0.05) is 39.0 Å². The zero-order valence-corrected chi connectivity index (χ0v) is 11.0. The molecule has 0 saturated heterocycles. The number of hydrogen-bond acceptors (Lipinski definition) is 6. The molecule has 1 aromatic carbocycles. The summed E-state index contributed by atoms with van der Waals surface area (Å²) in [7, 11) is 0. The van der Waals surface area contributed by atoms with Gasteiger partial charge in [0, 0.05) is 0 Å². The summed E-state index contributed by atoms with van der Waals surface area (Å²) < 4.78 is 4.72. The van der Waals surface area contributed by atoms with Gasteiger partial charge in [0.25, 0.3) is 0 Å². The van der Waals surface area contributed by atoms with Gasteiger partial charge in [0.05, 0.1) is 17.2 Å². The number of hydrogen-bond donors (Lipinski definition) is 0. The molecule has 0 aliphatic heterocycles. The largest absolute Gasteiger partial charge is 0.543 e. The average Bonchev–Trinajstić information content (AvgIpc) is 2.36. The summed E-state index contributed by atoms with van der Waals surface area (Å²) >= 11 is 0. The van der Waals surface area contributed by atoms with E-state index in [1.807, 2.05) is 20.8 Å². The topological polar surface area (TPSA) is 71.1 Å². The van der Waals surface area contributed by atoms with E-state index in [-0.39, 0.29) is 17.6 Å². The highest BCUT2D eigenvalue weighted by Crippen LogP contribution is 2.13. The van der Waals surface area contributed by atoms with Crippen LogP contribution in [0.4, 0.5) is 4.79 Å². The first-order valence-corrected chi connectivity index (χ1v) is 5.66. The van der Waals surface area contributed by atoms with Crippen LogP contribution in [0.5, 0.6) is 0 Å². The minimum Gasteiger partial charge on any atom is -0.432 e. The van der Waals surface area contributed by atoms with E-state index in [1.165, 1.54) is 12.1 Å². The van der Waals surface area contributed by atoms with Gasteiger partial charge in [0.2, 0.25) is 0 Å². The number of benzene rings is 1. The average molecular weight is 268 g/mol. The molecule has 0 saturated carbocycles. The maximum atomic E-state index is 11.4. The van der Waals surface area contributed by atoms with Crippen LogP contribution >= 0.6 is 0 Å². The fourth-order valence-electron chi connectivity index (χ4n) is 0.998. The van der Waals surface area contributed by atoms with Gasteiger partial charge >= 0.3 is 12.1 Å². The van der Waals surface area contributed by atoms with Gasteiger partial charge in [-0.3, -0.25) is 4.89 Å². The lowest BCUT2D eigenvalue weighted by molar-refractivity contribution is -0.452. The molecule has 0 atom stereocenters. The van der Waals surface area contributed by atoms with Crippen molar-refractivity contribution in [1.29, 1.82) is 0 Å². The smallest absolute Gasteiger partial charge is 0.432 e. The number of carbonyl (C=O) groups excluding carboxylic acids is 2. The van der Waals surface area contributed by atoms with Gasteiger partial charge in [0.15, 0.2) is 0 Å². The Morgan fingerprint density at radius 1 is 1.05 bits per heavy atom. The Labute approximate surface area is 111 Å². The molecular weight excluding hydrogens is 252 g/mol. The van der Waals surface area contributed by atoms with E-state index in [1.54, 1.807) is 18.2 Å². The Balaban J connectivity index is 2.24. The Kier molecular flexibility index (Phi) is 5.32. The molecule has 0 fully saturated rings. The Hall–Kier alpha value is -2.08. The third-order valence-corrected chi connectivity index (χ3v) is 1.84. The molecule has 19 heavy (non-hydrogen) atoms. The van der Waals surface area contributed by atoms with Crippen molar-refractivity contribution in [2.24, 2.45) is 5.41 Å². The van der Waals surface area contributed by atoms with Crippen LogP contribution in [0.25, 0.3) is 0 Å². The molecule has 1 aromatic rings. The molecule has 6 heteroatoms. The van der Waals surface area contributed by atoms with E-state index in [0.29, 0.717) is 0 Å². The molecule has 0 aliphatic rings. The molecule has 0 aromatic heterocycles. The van der Waals surface area contributed by atoms with Crippen molar-refractivity contribution in [2.45, 2.75) is 20.8 Å². The van der Waals surface area contributed by atoms with Crippen LogP contribution in [-0.4, -0.2) is 18.7 Å². The van der Waals surface area contributed by atoms with Crippen LogP contribution in [0.2, 0.25) is 0 Å². The van der Waals surface area contributed by atoms with Gasteiger partial charge in [-0.05, 0) is 17.5 Å². The van der Waals surface area contributed by atoms with Crippen molar-refractivity contribution < 1.29 is 29.1 Å². The van der Waals surface area contributed by atoms with E-state index in [0.717, 1.165) is 0 Å². The first-order chi connectivity index (χ1) is 8.88. The zero-order chi connectivity index (χ0) is 14.3. The van der Waals surface area contributed by atoms with Gasteiger partial charge in [-0.2, -0.15) is 0 Å². The summed E-state index contributed by atoms with van der Waals surface area (Å²) in [5, 5.41) is 4.05. The lowest BCUT2D eigenvalue weighted by Crippen LogP contribution is -2.19. The number of carbonyl (C=O) groups is 2. The van der Waals surface area contributed by atoms with Gasteiger partial charge < -0.3 is 4.74 Å². The zero-order valence-electron chi connectivity index (χ0n) is 11.0. The third-order valence-electron chi connectivity index (χ3n) is 1.84. The summed E-state index contributed by atoms with van der Waals surface area (Å²) in [5.74, 6) is -0.774. The van der Waals surface area contributed by atoms with Crippen molar-refractivity contribution in [3.8, 4) is 0 Å². The fourth-order valence-corrected chi connectivity index (χ4v) is 0.998. The monoisotopic (exact) mass is 268 g/mol. The maximum Gasteiger partial charge on any atom is 0.543 e. The molecule has 0 aliphatic carbocycles. The highest BCUT2D eigenvalue weighted by Gasteiger charge is 2.16. The van der Waals surface area contributed by atoms with Crippen LogP contribution in [0.3, 0.4) is 0 Å². The van der Waals surface area contributed by atoms with E-state index < -0.39 is 12.1 Å². The van der Waals surface area contributed by atoms with Crippen molar-refractivity contribution in [3.63, 3.8) is 0 Å². The molecule has 0 bridgehead atoms. The standard InChI is InChI=1S/C13H16O6/c1-13(2,3)9-16-12(15)18-19-17-11(14)10-7-5-4-6-8-10/h4-8H,9H2,1-3H3. The second-order valence-electron chi connectivity index (χ2n) is 4.99. The molecular formula is C13H16O6. The second-order valence-corrected chi connectivity index (χ2v) is 4.99. The highest BCUT2D eigenvalue weighted by molar-refractivity contribution is 5.88. The predicted octanol–water partition coefficient (Wildman–Crippen LogP) is 2.89. The second kappa shape index (κ2) is 6.75. The fraction of sp³-hybridized carbons (Fsp3) is 0.385. The van der Waals surface area contributed by atoms with Crippen molar-refractivity contribution in [1.82, 2.24) is 0 Å². The summed E-state index contributed by atoms with van der Waals surface area (Å²) in [4.78, 5) is 30.8. The lowest BCUT2D eigenvalue weighted by atomic mass is 9.99. The summed E-state index contributed by atoms with van der Waals surface area (Å²) in [6, 6.07) is 8.13. The first kappa shape index (κ1) is 15.0. The number of rotatable bonds is 4. The molecule has 0 unspecified atom stereocenters. The lowest BCUT2D eigenvalue weighted by Gasteiger charge is -2.16. The van der Waals surface area contributed by atoms with Crippen LogP contribution in [0, 0.1) is 5.41 Å².